The first kappa shape index (κ1) is 21.9. The Labute approximate surface area is 137 Å². The second-order valence-electron chi connectivity index (χ2n) is 4.04. The summed E-state index contributed by atoms with van der Waals surface area (Å²) < 4.78 is 0. The van der Waals surface area contributed by atoms with E-state index < -0.39 is 5.97 Å². The molecule has 0 spiro atoms. The summed E-state index contributed by atoms with van der Waals surface area (Å²) in [7, 11) is 0. The number of allylic oxidation sites excluding steroid dienone is 4. The van der Waals surface area contributed by atoms with Crippen molar-refractivity contribution in [2.75, 3.05) is 0 Å². The summed E-state index contributed by atoms with van der Waals surface area (Å²) in [5.41, 5.74) is 1.70. The maximum atomic E-state index is 9.53. The number of carbonyl (C=O) groups is 1. The third kappa shape index (κ3) is 21.1. The van der Waals surface area contributed by atoms with Crippen LogP contribution >= 0.6 is 0 Å². The lowest BCUT2D eigenvalue weighted by molar-refractivity contribution is -0.135. The molecule has 0 saturated carbocycles. The molecule has 0 unspecified atom stereocenters. The molecule has 118 valence electrons. The van der Waals surface area contributed by atoms with E-state index in [9.17, 15) is 4.79 Å². The molecule has 0 bridgehead atoms. The Morgan fingerprint density at radius 1 is 1.26 bits per heavy atom. The predicted octanol–water partition coefficient (Wildman–Crippen LogP) is 4.51. The maximum Gasteiger partial charge on any atom is 0.307 e. The Morgan fingerprint density at radius 3 is 2.17 bits per heavy atom. The summed E-state index contributed by atoms with van der Waals surface area (Å²) in [5, 5.41) is 23.8. The predicted molar refractivity (Wildman–Crippen MR) is 93.1 cm³/mol. The molecule has 1 N–H and O–H groups in total. The molecule has 0 aliphatic rings. The quantitative estimate of drug-likeness (QED) is 0.503. The molecule has 4 heteroatoms. The van der Waals surface area contributed by atoms with Crippen LogP contribution in [-0.4, -0.2) is 11.1 Å². The Balaban J connectivity index is 0. The number of carboxylic acids is 1. The van der Waals surface area contributed by atoms with E-state index in [1.165, 1.54) is 12.2 Å². The van der Waals surface area contributed by atoms with Gasteiger partial charge in [-0.15, -0.1) is 6.58 Å². The molecule has 0 fully saturated rings. The molecular formula is C19H20N2O2. The minimum Gasteiger partial charge on any atom is -0.481 e. The summed E-state index contributed by atoms with van der Waals surface area (Å²) in [6.45, 7) is 8.20. The van der Waals surface area contributed by atoms with Crippen molar-refractivity contribution >= 4 is 12.0 Å². The number of benzene rings is 1. The van der Waals surface area contributed by atoms with Crippen molar-refractivity contribution in [2.45, 2.75) is 13.3 Å². The molecule has 0 saturated heterocycles. The van der Waals surface area contributed by atoms with Gasteiger partial charge in [0.25, 0.3) is 0 Å². The van der Waals surface area contributed by atoms with Crippen LogP contribution in [0.4, 0.5) is 0 Å². The van der Waals surface area contributed by atoms with E-state index >= 15 is 0 Å². The highest BCUT2D eigenvalue weighted by molar-refractivity contribution is 5.68. The van der Waals surface area contributed by atoms with E-state index in [0.717, 1.165) is 5.56 Å². The smallest absolute Gasteiger partial charge is 0.307 e. The summed E-state index contributed by atoms with van der Waals surface area (Å²) in [5.74, 6) is -0.829. The Morgan fingerprint density at radius 2 is 1.83 bits per heavy atom. The van der Waals surface area contributed by atoms with Crippen LogP contribution in [0, 0.1) is 22.7 Å². The lowest BCUT2D eigenvalue weighted by Crippen LogP contribution is -1.88. The van der Waals surface area contributed by atoms with Gasteiger partial charge in [-0.3, -0.25) is 4.79 Å². The van der Waals surface area contributed by atoms with Crippen LogP contribution in [-0.2, 0) is 4.79 Å². The topological polar surface area (TPSA) is 84.9 Å². The average molecular weight is 308 g/mol. The van der Waals surface area contributed by atoms with Crippen LogP contribution in [0.1, 0.15) is 18.9 Å². The first-order valence-corrected chi connectivity index (χ1v) is 6.64. The van der Waals surface area contributed by atoms with Crippen LogP contribution in [0.2, 0.25) is 0 Å². The van der Waals surface area contributed by atoms with Crippen molar-refractivity contribution in [3.05, 3.63) is 78.9 Å². The molecule has 1 aromatic rings. The molecule has 4 nitrogen and oxygen atoms in total. The third-order valence-electron chi connectivity index (χ3n) is 1.88. The normalized spacial score (nSPS) is 8.65. The first-order valence-electron chi connectivity index (χ1n) is 6.64. The van der Waals surface area contributed by atoms with Gasteiger partial charge in [-0.1, -0.05) is 61.2 Å². The summed E-state index contributed by atoms with van der Waals surface area (Å²) in [6.07, 6.45) is 8.36. The van der Waals surface area contributed by atoms with Gasteiger partial charge in [0.2, 0.25) is 0 Å². The molecule has 0 aromatic heterocycles. The van der Waals surface area contributed by atoms with Crippen molar-refractivity contribution < 1.29 is 9.90 Å². The van der Waals surface area contributed by atoms with Gasteiger partial charge in [-0.05, 0) is 12.5 Å². The number of aliphatic carboxylic acids is 1. The Bertz CT molecular complexity index is 615. The molecule has 0 radical (unpaired) electrons. The van der Waals surface area contributed by atoms with E-state index in [1.54, 1.807) is 13.0 Å². The van der Waals surface area contributed by atoms with Crippen molar-refractivity contribution in [2.24, 2.45) is 0 Å². The van der Waals surface area contributed by atoms with E-state index in [0.29, 0.717) is 5.57 Å². The van der Waals surface area contributed by atoms with Gasteiger partial charge in [-0.25, -0.2) is 0 Å². The van der Waals surface area contributed by atoms with Crippen LogP contribution in [0.15, 0.2) is 73.4 Å². The number of hydrogen-bond donors (Lipinski definition) is 1. The molecule has 1 rings (SSSR count). The lowest BCUT2D eigenvalue weighted by Gasteiger charge is -1.87. The van der Waals surface area contributed by atoms with Crippen molar-refractivity contribution in [1.29, 1.82) is 10.5 Å². The van der Waals surface area contributed by atoms with Gasteiger partial charge < -0.3 is 5.11 Å². The second kappa shape index (κ2) is 16.7. The van der Waals surface area contributed by atoms with Crippen LogP contribution in [0.25, 0.3) is 6.08 Å². The van der Waals surface area contributed by atoms with Crippen molar-refractivity contribution in [1.82, 2.24) is 0 Å². The van der Waals surface area contributed by atoms with E-state index in [1.807, 2.05) is 54.6 Å². The zero-order valence-corrected chi connectivity index (χ0v) is 13.1. The summed E-state index contributed by atoms with van der Waals surface area (Å²) in [6, 6.07) is 13.7. The minimum absolute atomic E-state index is 0.0556. The van der Waals surface area contributed by atoms with Crippen LogP contribution in [0.5, 0.6) is 0 Å². The number of nitriles is 2. The van der Waals surface area contributed by atoms with Crippen molar-refractivity contribution in [3.8, 4) is 12.1 Å². The Kier molecular flexibility index (Phi) is 15.9. The molecule has 0 amide bonds. The molecule has 0 aliphatic carbocycles. The maximum absolute atomic E-state index is 9.53. The van der Waals surface area contributed by atoms with Crippen LogP contribution < -0.4 is 0 Å². The van der Waals surface area contributed by atoms with Gasteiger partial charge in [-0.2, -0.15) is 10.5 Å². The largest absolute Gasteiger partial charge is 0.481 e. The van der Waals surface area contributed by atoms with Gasteiger partial charge in [0.15, 0.2) is 0 Å². The van der Waals surface area contributed by atoms with Gasteiger partial charge in [0.05, 0.1) is 18.6 Å². The van der Waals surface area contributed by atoms with Gasteiger partial charge in [0.1, 0.15) is 0 Å². The highest BCUT2D eigenvalue weighted by Gasteiger charge is 1.84. The SMILES string of the molecule is C=C(C)C#N.C=CCC(=O)O.N#CC=CC=Cc1ccccc1. The highest BCUT2D eigenvalue weighted by Crippen LogP contribution is 2.00. The second-order valence-corrected chi connectivity index (χ2v) is 4.04. The van der Waals surface area contributed by atoms with E-state index in [4.69, 9.17) is 15.6 Å². The fraction of sp³-hybridized carbons (Fsp3) is 0.105. The van der Waals surface area contributed by atoms with E-state index in [2.05, 4.69) is 13.2 Å². The molecule has 23 heavy (non-hydrogen) atoms. The van der Waals surface area contributed by atoms with Gasteiger partial charge >= 0.3 is 5.97 Å². The standard InChI is InChI=1S/C11H9N.C4H5N.C4H6O2/c12-10-6-2-5-9-11-7-3-1-4-8-11;1-4(2)3-5;1-2-3-4(5)6/h1-9H;1H2,2H3;2H,1,3H2,(H,5,6). The summed E-state index contributed by atoms with van der Waals surface area (Å²) >= 11 is 0. The zero-order chi connectivity index (χ0) is 17.9. The number of carboxylic acid groups (broad SMARTS) is 1. The highest BCUT2D eigenvalue weighted by atomic mass is 16.4. The monoisotopic (exact) mass is 308 g/mol. The lowest BCUT2D eigenvalue weighted by atomic mass is 10.2. The molecule has 1 aromatic carbocycles. The molecule has 0 atom stereocenters. The fourth-order valence-corrected chi connectivity index (χ4v) is 0.953. The minimum atomic E-state index is -0.829. The zero-order valence-electron chi connectivity index (χ0n) is 13.1. The number of rotatable bonds is 4. The number of nitrogens with zero attached hydrogens (tertiary/aromatic N) is 2. The van der Waals surface area contributed by atoms with E-state index in [-0.39, 0.29) is 6.42 Å². The first-order chi connectivity index (χ1) is 11.0. The molecular weight excluding hydrogens is 288 g/mol. The number of hydrogen-bond acceptors (Lipinski definition) is 3. The Hall–Kier alpha value is -3.37. The van der Waals surface area contributed by atoms with Crippen LogP contribution in [0.3, 0.4) is 0 Å². The van der Waals surface area contributed by atoms with Gasteiger partial charge in [0, 0.05) is 11.6 Å². The molecule has 0 aliphatic heterocycles. The fourth-order valence-electron chi connectivity index (χ4n) is 0.953. The average Bonchev–Trinajstić information content (AvgIpc) is 2.53. The summed E-state index contributed by atoms with van der Waals surface area (Å²) in [4.78, 5) is 9.53. The molecule has 0 heterocycles. The van der Waals surface area contributed by atoms with Crippen molar-refractivity contribution in [3.63, 3.8) is 0 Å². The third-order valence-corrected chi connectivity index (χ3v) is 1.88.